The van der Waals surface area contributed by atoms with Crippen LogP contribution in [0.2, 0.25) is 0 Å². The molecule has 1 aromatic rings. The van der Waals surface area contributed by atoms with E-state index in [0.717, 1.165) is 31.5 Å². The number of aliphatic hydroxyl groups excluding tert-OH is 1. The van der Waals surface area contributed by atoms with Crippen LogP contribution in [-0.4, -0.2) is 41.7 Å². The topological polar surface area (TPSA) is 75.8 Å². The molecule has 2 rings (SSSR count). The summed E-state index contributed by atoms with van der Waals surface area (Å²) in [5.41, 5.74) is 0.929. The van der Waals surface area contributed by atoms with E-state index in [-0.39, 0.29) is 12.3 Å². The van der Waals surface area contributed by atoms with Crippen molar-refractivity contribution in [2.75, 3.05) is 26.8 Å². The zero-order valence-electron chi connectivity index (χ0n) is 11.6. The molecule has 0 radical (unpaired) electrons. The number of benzene rings is 1. The van der Waals surface area contributed by atoms with Crippen LogP contribution in [0.3, 0.4) is 0 Å². The summed E-state index contributed by atoms with van der Waals surface area (Å²) in [6, 6.07) is 5.10. The van der Waals surface area contributed by atoms with Crippen LogP contribution >= 0.6 is 0 Å². The molecule has 1 heterocycles. The Hall–Kier alpha value is -1.66. The lowest BCUT2D eigenvalue weighted by molar-refractivity contribution is -0.385. The molecule has 1 saturated heterocycles. The Morgan fingerprint density at radius 1 is 1.55 bits per heavy atom. The average Bonchev–Trinajstić information content (AvgIpc) is 2.86. The van der Waals surface area contributed by atoms with Crippen molar-refractivity contribution >= 4 is 5.69 Å². The standard InChI is InChI=1S/C14H20N2O4/c1-20-14-3-2-12(8-13(14)16(18)19)10-15-6-4-11(9-15)5-7-17/h2-3,8,11,17H,4-7,9-10H2,1H3. The molecule has 0 spiro atoms. The largest absolute Gasteiger partial charge is 0.490 e. The van der Waals surface area contributed by atoms with Crippen LogP contribution in [0.5, 0.6) is 5.75 Å². The number of nitrogens with zero attached hydrogens (tertiary/aromatic N) is 2. The molecule has 6 nitrogen and oxygen atoms in total. The minimum absolute atomic E-state index is 0.0103. The number of hydrogen-bond acceptors (Lipinski definition) is 5. The quantitative estimate of drug-likeness (QED) is 0.635. The van der Waals surface area contributed by atoms with E-state index < -0.39 is 4.92 Å². The smallest absolute Gasteiger partial charge is 0.311 e. The molecule has 6 heteroatoms. The fourth-order valence-electron chi connectivity index (χ4n) is 2.71. The van der Waals surface area contributed by atoms with Crippen LogP contribution in [0.25, 0.3) is 0 Å². The first kappa shape index (κ1) is 14.7. The molecule has 0 saturated carbocycles. The van der Waals surface area contributed by atoms with E-state index in [4.69, 9.17) is 9.84 Å². The Morgan fingerprint density at radius 2 is 2.35 bits per heavy atom. The second-order valence-electron chi connectivity index (χ2n) is 5.17. The summed E-state index contributed by atoms with van der Waals surface area (Å²) in [6.45, 7) is 2.85. The molecule has 1 N–H and O–H groups in total. The molecule has 20 heavy (non-hydrogen) atoms. The maximum absolute atomic E-state index is 11.0. The lowest BCUT2D eigenvalue weighted by atomic mass is 10.1. The molecule has 1 aliphatic heterocycles. The van der Waals surface area contributed by atoms with Gasteiger partial charge in [-0.3, -0.25) is 15.0 Å². The molecule has 110 valence electrons. The zero-order chi connectivity index (χ0) is 14.5. The second-order valence-corrected chi connectivity index (χ2v) is 5.17. The van der Waals surface area contributed by atoms with Gasteiger partial charge in [-0.15, -0.1) is 0 Å². The third kappa shape index (κ3) is 3.46. The molecule has 1 atom stereocenters. The zero-order valence-corrected chi connectivity index (χ0v) is 11.6. The Bertz CT molecular complexity index is 478. The van der Waals surface area contributed by atoms with Crippen LogP contribution in [0, 0.1) is 16.0 Å². The Labute approximate surface area is 118 Å². The molecule has 1 aliphatic rings. The lowest BCUT2D eigenvalue weighted by Crippen LogP contribution is -2.20. The fraction of sp³-hybridized carbons (Fsp3) is 0.571. The summed E-state index contributed by atoms with van der Waals surface area (Å²) in [5.74, 6) is 0.826. The van der Waals surface area contributed by atoms with Crippen LogP contribution < -0.4 is 4.74 Å². The highest BCUT2D eigenvalue weighted by Gasteiger charge is 2.23. The van der Waals surface area contributed by atoms with Crippen molar-refractivity contribution in [1.29, 1.82) is 0 Å². The summed E-state index contributed by atoms with van der Waals surface area (Å²) in [4.78, 5) is 12.8. The Balaban J connectivity index is 2.03. The third-order valence-electron chi connectivity index (χ3n) is 3.75. The minimum atomic E-state index is -0.416. The van der Waals surface area contributed by atoms with Gasteiger partial charge in [-0.05, 0) is 36.9 Å². The SMILES string of the molecule is COc1ccc(CN2CCC(CCO)C2)cc1[N+](=O)[O-]. The normalized spacial score (nSPS) is 19.2. The lowest BCUT2D eigenvalue weighted by Gasteiger charge is -2.16. The fourth-order valence-corrected chi connectivity index (χ4v) is 2.71. The van der Waals surface area contributed by atoms with Crippen LogP contribution in [0.15, 0.2) is 18.2 Å². The van der Waals surface area contributed by atoms with E-state index >= 15 is 0 Å². The predicted molar refractivity (Wildman–Crippen MR) is 74.7 cm³/mol. The van der Waals surface area contributed by atoms with Gasteiger partial charge in [0.25, 0.3) is 0 Å². The number of nitro benzene ring substituents is 1. The molecule has 0 aliphatic carbocycles. The van der Waals surface area contributed by atoms with E-state index in [2.05, 4.69) is 4.90 Å². The van der Waals surface area contributed by atoms with Gasteiger partial charge in [0.05, 0.1) is 12.0 Å². The summed E-state index contributed by atoms with van der Waals surface area (Å²) in [5, 5.41) is 19.9. The molecule has 1 fully saturated rings. The van der Waals surface area contributed by atoms with Gasteiger partial charge in [-0.2, -0.15) is 0 Å². The summed E-state index contributed by atoms with van der Waals surface area (Å²) < 4.78 is 5.00. The van der Waals surface area contributed by atoms with E-state index in [1.807, 2.05) is 6.07 Å². The van der Waals surface area contributed by atoms with Gasteiger partial charge in [-0.25, -0.2) is 0 Å². The molecular weight excluding hydrogens is 260 g/mol. The second kappa shape index (κ2) is 6.67. The van der Waals surface area contributed by atoms with Gasteiger partial charge in [0.2, 0.25) is 0 Å². The van der Waals surface area contributed by atoms with Gasteiger partial charge in [0.1, 0.15) is 0 Å². The van der Waals surface area contributed by atoms with E-state index in [0.29, 0.717) is 18.2 Å². The molecule has 0 amide bonds. The van der Waals surface area contributed by atoms with Crippen molar-refractivity contribution < 1.29 is 14.8 Å². The van der Waals surface area contributed by atoms with Gasteiger partial charge < -0.3 is 9.84 Å². The number of likely N-dealkylation sites (tertiary alicyclic amines) is 1. The number of aliphatic hydroxyl groups is 1. The first-order valence-corrected chi connectivity index (χ1v) is 6.78. The van der Waals surface area contributed by atoms with E-state index in [1.165, 1.54) is 7.11 Å². The average molecular weight is 280 g/mol. The van der Waals surface area contributed by atoms with Crippen molar-refractivity contribution in [3.05, 3.63) is 33.9 Å². The van der Waals surface area contributed by atoms with Crippen LogP contribution in [0.1, 0.15) is 18.4 Å². The van der Waals surface area contributed by atoms with Gasteiger partial charge in [0, 0.05) is 25.8 Å². The van der Waals surface area contributed by atoms with Crippen molar-refractivity contribution in [3.8, 4) is 5.75 Å². The van der Waals surface area contributed by atoms with E-state index in [1.54, 1.807) is 12.1 Å². The monoisotopic (exact) mass is 280 g/mol. The molecule has 0 bridgehead atoms. The maximum Gasteiger partial charge on any atom is 0.311 e. The van der Waals surface area contributed by atoms with Crippen LogP contribution in [0.4, 0.5) is 5.69 Å². The highest BCUT2D eigenvalue weighted by Crippen LogP contribution is 2.29. The first-order valence-electron chi connectivity index (χ1n) is 6.78. The van der Waals surface area contributed by atoms with Crippen molar-refractivity contribution in [3.63, 3.8) is 0 Å². The number of rotatable bonds is 6. The van der Waals surface area contributed by atoms with Gasteiger partial charge >= 0.3 is 5.69 Å². The van der Waals surface area contributed by atoms with Crippen molar-refractivity contribution in [1.82, 2.24) is 4.90 Å². The number of methoxy groups -OCH3 is 1. The van der Waals surface area contributed by atoms with Crippen LogP contribution in [-0.2, 0) is 6.54 Å². The number of ether oxygens (including phenoxy) is 1. The van der Waals surface area contributed by atoms with Gasteiger partial charge in [0.15, 0.2) is 5.75 Å². The molecule has 1 unspecified atom stereocenters. The summed E-state index contributed by atoms with van der Waals surface area (Å²) in [6.07, 6.45) is 1.91. The first-order chi connectivity index (χ1) is 9.63. The summed E-state index contributed by atoms with van der Waals surface area (Å²) in [7, 11) is 1.43. The Morgan fingerprint density at radius 3 is 3.00 bits per heavy atom. The molecular formula is C14H20N2O4. The number of hydrogen-bond donors (Lipinski definition) is 1. The Kier molecular flexibility index (Phi) is 4.92. The predicted octanol–water partition coefficient (Wildman–Crippen LogP) is 1.81. The molecule has 1 aromatic carbocycles. The molecule has 0 aromatic heterocycles. The van der Waals surface area contributed by atoms with Crippen molar-refractivity contribution in [2.45, 2.75) is 19.4 Å². The third-order valence-corrected chi connectivity index (χ3v) is 3.75. The van der Waals surface area contributed by atoms with E-state index in [9.17, 15) is 10.1 Å². The van der Waals surface area contributed by atoms with Crippen molar-refractivity contribution in [2.24, 2.45) is 5.92 Å². The number of nitro groups is 1. The summed E-state index contributed by atoms with van der Waals surface area (Å²) >= 11 is 0. The highest BCUT2D eigenvalue weighted by molar-refractivity contribution is 5.48. The minimum Gasteiger partial charge on any atom is -0.490 e. The van der Waals surface area contributed by atoms with Gasteiger partial charge in [-0.1, -0.05) is 6.07 Å². The highest BCUT2D eigenvalue weighted by atomic mass is 16.6. The maximum atomic E-state index is 11.0.